The Morgan fingerprint density at radius 3 is 2.83 bits per heavy atom. The monoisotopic (exact) mass is 313 g/mol. The number of carboxylic acid groups (broad SMARTS) is 1. The summed E-state index contributed by atoms with van der Waals surface area (Å²) in [5.41, 5.74) is 0.980. The van der Waals surface area contributed by atoms with Crippen LogP contribution in [0, 0.1) is 5.92 Å². The number of hydrogen-bond donors (Lipinski definition) is 2. The van der Waals surface area contributed by atoms with Crippen LogP contribution in [-0.4, -0.2) is 30.8 Å². The van der Waals surface area contributed by atoms with Crippen molar-refractivity contribution in [1.29, 1.82) is 0 Å². The average molecular weight is 314 g/mol. The van der Waals surface area contributed by atoms with Crippen LogP contribution < -0.4 is 5.32 Å². The molecule has 0 spiro atoms. The van der Waals surface area contributed by atoms with Gasteiger partial charge < -0.3 is 15.2 Å². The standard InChI is InChI=1S/C13H16BrNO3/c14-10-1-2-12(11(7-10)13(16)17)15-8-9-3-5-18-6-4-9/h1-2,7,9,15H,3-6,8H2,(H,16,17). The summed E-state index contributed by atoms with van der Waals surface area (Å²) >= 11 is 3.28. The van der Waals surface area contributed by atoms with Crippen LogP contribution in [0.3, 0.4) is 0 Å². The lowest BCUT2D eigenvalue weighted by atomic mass is 10.00. The molecule has 0 aromatic heterocycles. The molecule has 2 N–H and O–H groups in total. The predicted octanol–water partition coefficient (Wildman–Crippen LogP) is 2.99. The van der Waals surface area contributed by atoms with E-state index < -0.39 is 5.97 Å². The van der Waals surface area contributed by atoms with Crippen molar-refractivity contribution in [1.82, 2.24) is 0 Å². The molecule has 98 valence electrons. The summed E-state index contributed by atoms with van der Waals surface area (Å²) in [7, 11) is 0. The minimum Gasteiger partial charge on any atom is -0.478 e. The molecule has 5 heteroatoms. The van der Waals surface area contributed by atoms with Gasteiger partial charge in [-0.3, -0.25) is 0 Å². The smallest absolute Gasteiger partial charge is 0.337 e. The van der Waals surface area contributed by atoms with Gasteiger partial charge in [-0.15, -0.1) is 0 Å². The van der Waals surface area contributed by atoms with Crippen LogP contribution in [0.15, 0.2) is 22.7 Å². The first-order valence-electron chi connectivity index (χ1n) is 6.01. The lowest BCUT2D eigenvalue weighted by Crippen LogP contribution is -2.23. The lowest BCUT2D eigenvalue weighted by Gasteiger charge is -2.23. The zero-order chi connectivity index (χ0) is 13.0. The van der Waals surface area contributed by atoms with Crippen molar-refractivity contribution >= 4 is 27.6 Å². The van der Waals surface area contributed by atoms with E-state index in [0.29, 0.717) is 17.2 Å². The quantitative estimate of drug-likeness (QED) is 0.897. The van der Waals surface area contributed by atoms with Gasteiger partial charge in [-0.25, -0.2) is 4.79 Å². The van der Waals surface area contributed by atoms with Crippen molar-refractivity contribution in [3.8, 4) is 0 Å². The van der Waals surface area contributed by atoms with Crippen molar-refractivity contribution in [3.05, 3.63) is 28.2 Å². The number of nitrogens with one attached hydrogen (secondary N) is 1. The molecule has 1 aromatic carbocycles. The van der Waals surface area contributed by atoms with Gasteiger partial charge in [0.05, 0.1) is 5.56 Å². The van der Waals surface area contributed by atoms with Gasteiger partial charge in [-0.2, -0.15) is 0 Å². The second kappa shape index (κ2) is 6.20. The molecular formula is C13H16BrNO3. The molecule has 1 fully saturated rings. The fraction of sp³-hybridized carbons (Fsp3) is 0.462. The summed E-state index contributed by atoms with van der Waals surface area (Å²) < 4.78 is 6.08. The summed E-state index contributed by atoms with van der Waals surface area (Å²) in [5, 5.41) is 12.4. The molecule has 0 bridgehead atoms. The highest BCUT2D eigenvalue weighted by atomic mass is 79.9. The number of benzene rings is 1. The van der Waals surface area contributed by atoms with Gasteiger partial charge in [0, 0.05) is 29.9 Å². The van der Waals surface area contributed by atoms with E-state index in [1.165, 1.54) is 0 Å². The minimum absolute atomic E-state index is 0.302. The second-order valence-electron chi connectivity index (χ2n) is 4.43. The third kappa shape index (κ3) is 3.46. The van der Waals surface area contributed by atoms with Crippen molar-refractivity contribution in [2.24, 2.45) is 5.92 Å². The maximum Gasteiger partial charge on any atom is 0.337 e. The third-order valence-electron chi connectivity index (χ3n) is 3.13. The van der Waals surface area contributed by atoms with Crippen LogP contribution in [-0.2, 0) is 4.74 Å². The molecule has 0 atom stereocenters. The summed E-state index contributed by atoms with van der Waals surface area (Å²) in [6.07, 6.45) is 2.07. The van der Waals surface area contributed by atoms with E-state index in [4.69, 9.17) is 9.84 Å². The fourth-order valence-corrected chi connectivity index (χ4v) is 2.41. The van der Waals surface area contributed by atoms with Crippen LogP contribution in [0.5, 0.6) is 0 Å². The van der Waals surface area contributed by atoms with Gasteiger partial charge in [0.25, 0.3) is 0 Å². The van der Waals surface area contributed by atoms with Gasteiger partial charge in [0.15, 0.2) is 0 Å². The first-order chi connectivity index (χ1) is 8.66. The SMILES string of the molecule is O=C(O)c1cc(Br)ccc1NCC1CCOCC1. The van der Waals surface area contributed by atoms with E-state index in [-0.39, 0.29) is 0 Å². The van der Waals surface area contributed by atoms with Gasteiger partial charge >= 0.3 is 5.97 Å². The van der Waals surface area contributed by atoms with Gasteiger partial charge in [-0.1, -0.05) is 15.9 Å². The molecule has 0 aliphatic carbocycles. The maximum atomic E-state index is 11.1. The van der Waals surface area contributed by atoms with Crippen molar-refractivity contribution < 1.29 is 14.6 Å². The van der Waals surface area contributed by atoms with Gasteiger partial charge in [-0.05, 0) is 37.0 Å². The fourth-order valence-electron chi connectivity index (χ4n) is 2.05. The Labute approximate surface area is 114 Å². The first kappa shape index (κ1) is 13.4. The van der Waals surface area contributed by atoms with E-state index in [1.807, 2.05) is 6.07 Å². The van der Waals surface area contributed by atoms with Crippen molar-refractivity contribution in [3.63, 3.8) is 0 Å². The molecule has 0 amide bonds. The third-order valence-corrected chi connectivity index (χ3v) is 3.63. The van der Waals surface area contributed by atoms with Crippen LogP contribution >= 0.6 is 15.9 Å². The highest BCUT2D eigenvalue weighted by Gasteiger charge is 2.15. The van der Waals surface area contributed by atoms with E-state index in [2.05, 4.69) is 21.2 Å². The van der Waals surface area contributed by atoms with Crippen LogP contribution in [0.4, 0.5) is 5.69 Å². The Hall–Kier alpha value is -1.07. The number of ether oxygens (including phenoxy) is 1. The molecule has 1 heterocycles. The molecule has 1 aromatic rings. The largest absolute Gasteiger partial charge is 0.478 e. The normalized spacial score (nSPS) is 16.5. The number of hydrogen-bond acceptors (Lipinski definition) is 3. The van der Waals surface area contributed by atoms with Crippen molar-refractivity contribution in [2.75, 3.05) is 25.1 Å². The number of carbonyl (C=O) groups is 1. The molecule has 0 unspecified atom stereocenters. The number of rotatable bonds is 4. The number of halogens is 1. The van der Waals surface area contributed by atoms with Crippen LogP contribution in [0.2, 0.25) is 0 Å². The molecule has 1 aliphatic heterocycles. The van der Waals surface area contributed by atoms with Crippen LogP contribution in [0.1, 0.15) is 23.2 Å². The van der Waals surface area contributed by atoms with Gasteiger partial charge in [0.1, 0.15) is 0 Å². The highest BCUT2D eigenvalue weighted by molar-refractivity contribution is 9.10. The summed E-state index contributed by atoms with van der Waals surface area (Å²) in [6.45, 7) is 2.40. The highest BCUT2D eigenvalue weighted by Crippen LogP contribution is 2.22. The molecule has 0 saturated carbocycles. The molecule has 4 nitrogen and oxygen atoms in total. The predicted molar refractivity (Wildman–Crippen MR) is 73.1 cm³/mol. The molecule has 2 rings (SSSR count). The summed E-state index contributed by atoms with van der Waals surface area (Å²) in [4.78, 5) is 11.1. The second-order valence-corrected chi connectivity index (χ2v) is 5.35. The van der Waals surface area contributed by atoms with E-state index in [9.17, 15) is 4.79 Å². The lowest BCUT2D eigenvalue weighted by molar-refractivity contribution is 0.0689. The first-order valence-corrected chi connectivity index (χ1v) is 6.80. The minimum atomic E-state index is -0.911. The Balaban J connectivity index is 2.01. The van der Waals surface area contributed by atoms with Crippen LogP contribution in [0.25, 0.3) is 0 Å². The number of carboxylic acids is 1. The van der Waals surface area contributed by atoms with E-state index in [1.54, 1.807) is 12.1 Å². The summed E-state index contributed by atoms with van der Waals surface area (Å²) in [5.74, 6) is -0.352. The van der Waals surface area contributed by atoms with Crippen molar-refractivity contribution in [2.45, 2.75) is 12.8 Å². The number of aromatic carboxylic acids is 1. The maximum absolute atomic E-state index is 11.1. The van der Waals surface area contributed by atoms with E-state index in [0.717, 1.165) is 37.1 Å². The van der Waals surface area contributed by atoms with E-state index >= 15 is 0 Å². The molecule has 1 saturated heterocycles. The Morgan fingerprint density at radius 2 is 2.17 bits per heavy atom. The molecule has 0 radical (unpaired) electrons. The zero-order valence-electron chi connectivity index (χ0n) is 9.99. The Kier molecular flexibility index (Phi) is 4.60. The average Bonchev–Trinajstić information content (AvgIpc) is 2.38. The number of anilines is 1. The Morgan fingerprint density at radius 1 is 1.44 bits per heavy atom. The molecule has 18 heavy (non-hydrogen) atoms. The molecule has 1 aliphatic rings. The molecular weight excluding hydrogens is 298 g/mol. The summed E-state index contributed by atoms with van der Waals surface area (Å²) in [6, 6.07) is 5.26. The topological polar surface area (TPSA) is 58.6 Å². The zero-order valence-corrected chi connectivity index (χ0v) is 11.6. The Bertz CT molecular complexity index is 430. The van der Waals surface area contributed by atoms with Gasteiger partial charge in [0.2, 0.25) is 0 Å².